The zero-order valence-corrected chi connectivity index (χ0v) is 26.8. The number of aryl methyl sites for hydroxylation is 2. The van der Waals surface area contributed by atoms with Crippen LogP contribution in [-0.2, 0) is 25.1 Å². The Hall–Kier alpha value is -4.84. The predicted molar refractivity (Wildman–Crippen MR) is 168 cm³/mol. The van der Waals surface area contributed by atoms with Crippen LogP contribution in [0, 0.1) is 5.92 Å². The number of nitrogens with one attached hydrogen (secondary N) is 1. The molecule has 5 aromatic rings. The van der Waals surface area contributed by atoms with Crippen molar-refractivity contribution in [1.82, 2.24) is 38.6 Å². The van der Waals surface area contributed by atoms with Gasteiger partial charge in [-0.15, -0.1) is 0 Å². The first-order chi connectivity index (χ1) is 23.2. The first kappa shape index (κ1) is 32.7. The van der Waals surface area contributed by atoms with Gasteiger partial charge < -0.3 is 19.2 Å². The maximum absolute atomic E-state index is 13.7. The van der Waals surface area contributed by atoms with Gasteiger partial charge in [0.15, 0.2) is 23.0 Å². The molecule has 6 heterocycles. The highest BCUT2D eigenvalue weighted by Gasteiger charge is 2.39. The predicted octanol–water partition coefficient (Wildman–Crippen LogP) is 5.00. The van der Waals surface area contributed by atoms with Gasteiger partial charge in [0, 0.05) is 52.3 Å². The summed E-state index contributed by atoms with van der Waals surface area (Å²) >= 11 is 6.71. The molecule has 0 radical (unpaired) electrons. The number of hydrogen-bond donors (Lipinski definition) is 1. The topological polar surface area (TPSA) is 128 Å². The second-order valence-electron chi connectivity index (χ2n) is 12.1. The molecule has 7 rings (SSSR count). The molecule has 1 aliphatic carbocycles. The number of alkyl halides is 5. The number of pyridine rings is 2. The van der Waals surface area contributed by atoms with Gasteiger partial charge in [-0.25, -0.2) is 23.3 Å². The van der Waals surface area contributed by atoms with Crippen LogP contribution < -0.4 is 20.5 Å². The van der Waals surface area contributed by atoms with Gasteiger partial charge in [0.05, 0.1) is 36.9 Å². The Balaban J connectivity index is 1.13. The zero-order chi connectivity index (χ0) is 34.8. The molecule has 1 amide bonds. The molecule has 0 spiro atoms. The van der Waals surface area contributed by atoms with Crippen LogP contribution in [0.4, 0.5) is 39.4 Å². The molecule has 2 fully saturated rings. The van der Waals surface area contributed by atoms with E-state index in [9.17, 15) is 31.5 Å². The minimum Gasteiger partial charge on any atom is -0.450 e. The molecule has 2 aliphatic rings. The number of carbonyl (C=O) groups excluding carboxylic acids is 1. The quantitative estimate of drug-likeness (QED) is 0.211. The SMILES string of the molecule is Cn1cc(C(F)(F)F)cc(Nc2nc3ncc(Oc4cnn5cc(N(CCN6CCC(F)(F)C6)C(=O)C6CC6)ncc45)c(Cl)c3n2C)c1=O. The number of amides is 1. The van der Waals surface area contributed by atoms with Gasteiger partial charge in [-0.2, -0.15) is 23.3 Å². The van der Waals surface area contributed by atoms with Crippen molar-refractivity contribution in [3.8, 4) is 11.5 Å². The molecule has 0 bridgehead atoms. The number of ether oxygens (including phenoxy) is 1. The number of rotatable bonds is 9. The molecule has 1 saturated heterocycles. The second kappa shape index (κ2) is 11.9. The van der Waals surface area contributed by atoms with Gasteiger partial charge >= 0.3 is 6.18 Å². The minimum atomic E-state index is -4.68. The first-order valence-corrected chi connectivity index (χ1v) is 15.5. The molecule has 0 unspecified atom stereocenters. The lowest BCUT2D eigenvalue weighted by atomic mass is 10.2. The third-order valence-electron chi connectivity index (χ3n) is 8.50. The normalized spacial score (nSPS) is 16.5. The summed E-state index contributed by atoms with van der Waals surface area (Å²) in [5.74, 6) is -2.31. The molecule has 258 valence electrons. The third-order valence-corrected chi connectivity index (χ3v) is 8.86. The largest absolute Gasteiger partial charge is 0.450 e. The van der Waals surface area contributed by atoms with Crippen molar-refractivity contribution in [2.75, 3.05) is 36.4 Å². The molecule has 5 aromatic heterocycles. The number of fused-ring (bicyclic) bond motifs is 2. The van der Waals surface area contributed by atoms with E-state index in [2.05, 4.69) is 25.4 Å². The highest BCUT2D eigenvalue weighted by atomic mass is 35.5. The number of likely N-dealkylation sites (tertiary alicyclic amines) is 1. The van der Waals surface area contributed by atoms with Crippen LogP contribution in [0.1, 0.15) is 24.8 Å². The van der Waals surface area contributed by atoms with Crippen molar-refractivity contribution in [2.24, 2.45) is 20.0 Å². The van der Waals surface area contributed by atoms with E-state index < -0.39 is 23.2 Å². The first-order valence-electron chi connectivity index (χ1n) is 15.2. The van der Waals surface area contributed by atoms with Gasteiger partial charge in [-0.3, -0.25) is 19.4 Å². The van der Waals surface area contributed by atoms with Gasteiger partial charge in [-0.05, 0) is 18.9 Å². The van der Waals surface area contributed by atoms with Crippen molar-refractivity contribution in [1.29, 1.82) is 0 Å². The summed E-state index contributed by atoms with van der Waals surface area (Å²) < 4.78 is 77.4. The molecule has 19 heteroatoms. The van der Waals surface area contributed by atoms with Crippen LogP contribution in [0.2, 0.25) is 5.02 Å². The Morgan fingerprint density at radius 2 is 1.92 bits per heavy atom. The monoisotopic (exact) mass is 706 g/mol. The standard InChI is InChI=1S/C30H28ClF5N10O3/c1-42-13-17(30(34,35)36)9-18(27(42)48)40-28-41-25-24(43(28)2)23(31)21(11-38-25)49-20-12-39-46-14-22(37-10-19(20)46)45(26(47)16-3-4-16)8-7-44-6-5-29(32,33)15-44/h9-14,16H,3-8,15H2,1-2H3,(H,38,40,41). The van der Waals surface area contributed by atoms with E-state index >= 15 is 0 Å². The van der Waals surface area contributed by atoms with Crippen molar-refractivity contribution < 1.29 is 31.5 Å². The van der Waals surface area contributed by atoms with E-state index in [0.717, 1.165) is 17.4 Å². The fraction of sp³-hybridized carbons (Fsp3) is 0.400. The maximum Gasteiger partial charge on any atom is 0.417 e. The molecule has 1 aliphatic heterocycles. The number of nitrogens with zero attached hydrogens (tertiary/aromatic N) is 9. The summed E-state index contributed by atoms with van der Waals surface area (Å²) in [5, 5.41) is 7.06. The molecule has 0 atom stereocenters. The fourth-order valence-corrected chi connectivity index (χ4v) is 5.99. The van der Waals surface area contributed by atoms with E-state index in [1.165, 1.54) is 46.7 Å². The highest BCUT2D eigenvalue weighted by molar-refractivity contribution is 6.36. The number of anilines is 3. The van der Waals surface area contributed by atoms with Crippen LogP contribution in [0.25, 0.3) is 16.7 Å². The van der Waals surface area contributed by atoms with E-state index in [-0.39, 0.29) is 83.7 Å². The molecule has 49 heavy (non-hydrogen) atoms. The van der Waals surface area contributed by atoms with Crippen molar-refractivity contribution in [3.63, 3.8) is 0 Å². The Bertz CT molecular complexity index is 2160. The molecule has 1 saturated carbocycles. The lowest BCUT2D eigenvalue weighted by Crippen LogP contribution is -2.40. The number of imidazole rings is 1. The Morgan fingerprint density at radius 3 is 2.61 bits per heavy atom. The molecule has 0 aromatic carbocycles. The fourth-order valence-electron chi connectivity index (χ4n) is 5.69. The smallest absolute Gasteiger partial charge is 0.417 e. The van der Waals surface area contributed by atoms with E-state index in [4.69, 9.17) is 16.3 Å². The zero-order valence-electron chi connectivity index (χ0n) is 26.0. The molecule has 13 nitrogen and oxygen atoms in total. The van der Waals surface area contributed by atoms with Crippen LogP contribution in [-0.4, -0.2) is 76.6 Å². The Kier molecular flexibility index (Phi) is 7.97. The van der Waals surface area contributed by atoms with Gasteiger partial charge in [-0.1, -0.05) is 11.6 Å². The number of halogens is 6. The lowest BCUT2D eigenvalue weighted by molar-refractivity contribution is -0.138. The third kappa shape index (κ3) is 6.37. The van der Waals surface area contributed by atoms with E-state index in [0.29, 0.717) is 23.6 Å². The molecular formula is C30H28ClF5N10O3. The summed E-state index contributed by atoms with van der Waals surface area (Å²) in [5.41, 5.74) is -1.25. The lowest BCUT2D eigenvalue weighted by Gasteiger charge is -2.25. The van der Waals surface area contributed by atoms with Crippen molar-refractivity contribution >= 4 is 51.6 Å². The molecule has 1 N–H and O–H groups in total. The molecular weight excluding hydrogens is 679 g/mol. The Morgan fingerprint density at radius 1 is 1.14 bits per heavy atom. The summed E-state index contributed by atoms with van der Waals surface area (Å²) in [6, 6.07) is 0.700. The average molecular weight is 707 g/mol. The average Bonchev–Trinajstić information content (AvgIpc) is 3.63. The van der Waals surface area contributed by atoms with Crippen LogP contribution in [0.15, 0.2) is 41.8 Å². The highest BCUT2D eigenvalue weighted by Crippen LogP contribution is 2.38. The van der Waals surface area contributed by atoms with Crippen LogP contribution in [0.3, 0.4) is 0 Å². The summed E-state index contributed by atoms with van der Waals surface area (Å²) in [4.78, 5) is 41.9. The van der Waals surface area contributed by atoms with Crippen LogP contribution >= 0.6 is 11.6 Å². The minimum absolute atomic E-state index is 0.00873. The summed E-state index contributed by atoms with van der Waals surface area (Å²) in [6.07, 6.45) is 3.09. The van der Waals surface area contributed by atoms with Crippen LogP contribution in [0.5, 0.6) is 11.5 Å². The Labute approximate surface area is 278 Å². The van der Waals surface area contributed by atoms with Gasteiger partial charge in [0.25, 0.3) is 11.5 Å². The van der Waals surface area contributed by atoms with E-state index in [1.54, 1.807) is 11.1 Å². The van der Waals surface area contributed by atoms with Crippen molar-refractivity contribution in [3.05, 3.63) is 58.0 Å². The van der Waals surface area contributed by atoms with Crippen molar-refractivity contribution in [2.45, 2.75) is 31.4 Å². The number of carbonyl (C=O) groups is 1. The maximum atomic E-state index is 13.7. The number of aromatic nitrogens is 7. The number of hydrogen-bond acceptors (Lipinski definition) is 9. The summed E-state index contributed by atoms with van der Waals surface area (Å²) in [7, 11) is 2.75. The van der Waals surface area contributed by atoms with E-state index in [1.807, 2.05) is 0 Å². The van der Waals surface area contributed by atoms with Gasteiger partial charge in [0.1, 0.15) is 21.7 Å². The second-order valence-corrected chi connectivity index (χ2v) is 12.5. The van der Waals surface area contributed by atoms with Gasteiger partial charge in [0.2, 0.25) is 11.9 Å². The summed E-state index contributed by atoms with van der Waals surface area (Å²) in [6.45, 7) is 0.373.